The largest absolute Gasteiger partial charge is 0.310 e. The fraction of sp³-hybridized carbons (Fsp3) is 0.186. The summed E-state index contributed by atoms with van der Waals surface area (Å²) >= 11 is 0. The molecule has 0 saturated heterocycles. The van der Waals surface area contributed by atoms with E-state index in [2.05, 4.69) is 206 Å². The Morgan fingerprint density at radius 2 is 1.25 bits per heavy atom. The van der Waals surface area contributed by atoms with Crippen molar-refractivity contribution in [2.24, 2.45) is 0 Å². The second-order valence-corrected chi connectivity index (χ2v) is 15.0. The maximum Gasteiger partial charge on any atom is 0.0542 e. The zero-order valence-electron chi connectivity index (χ0n) is 36.2. The van der Waals surface area contributed by atoms with Crippen molar-refractivity contribution in [2.45, 2.75) is 73.1 Å². The Labute approximate surface area is 359 Å². The first-order chi connectivity index (χ1) is 29.7. The molecule has 0 saturated carbocycles. The van der Waals surface area contributed by atoms with E-state index in [0.717, 1.165) is 61.2 Å². The highest BCUT2D eigenvalue weighted by molar-refractivity contribution is 6.03. The van der Waals surface area contributed by atoms with Crippen LogP contribution in [-0.2, 0) is 6.42 Å². The van der Waals surface area contributed by atoms with Crippen LogP contribution in [0.4, 0.5) is 11.4 Å². The molecule has 0 bridgehead atoms. The van der Waals surface area contributed by atoms with Gasteiger partial charge in [0.25, 0.3) is 0 Å². The lowest BCUT2D eigenvalue weighted by molar-refractivity contribution is 0.957. The molecule has 3 aliphatic carbocycles. The van der Waals surface area contributed by atoms with Crippen LogP contribution in [0.3, 0.4) is 0 Å². The van der Waals surface area contributed by atoms with Crippen LogP contribution in [0.25, 0.3) is 45.3 Å². The van der Waals surface area contributed by atoms with Gasteiger partial charge in [-0.2, -0.15) is 0 Å². The highest BCUT2D eigenvalue weighted by Crippen LogP contribution is 2.42. The molecule has 0 radical (unpaired) electrons. The quantitative estimate of drug-likeness (QED) is 0.146. The average molecular weight is 782 g/mol. The van der Waals surface area contributed by atoms with Gasteiger partial charge in [0.2, 0.25) is 0 Å². The smallest absolute Gasteiger partial charge is 0.0542 e. The van der Waals surface area contributed by atoms with Crippen LogP contribution in [0.2, 0.25) is 0 Å². The molecule has 3 aliphatic rings. The average Bonchev–Trinajstić information content (AvgIpc) is 3.32. The summed E-state index contributed by atoms with van der Waals surface area (Å²) in [6.07, 6.45) is 29.3. The van der Waals surface area contributed by atoms with Gasteiger partial charge in [0.15, 0.2) is 0 Å². The first-order valence-electron chi connectivity index (χ1n) is 22.2. The third kappa shape index (κ3) is 9.22. The maximum absolute atomic E-state index is 2.45. The molecule has 1 nitrogen and oxygen atoms in total. The predicted octanol–water partition coefficient (Wildman–Crippen LogP) is 17.1. The van der Waals surface area contributed by atoms with E-state index in [-0.39, 0.29) is 0 Å². The normalized spacial score (nSPS) is 17.7. The van der Waals surface area contributed by atoms with Crippen LogP contribution in [0.5, 0.6) is 0 Å². The van der Waals surface area contributed by atoms with Crippen molar-refractivity contribution in [3.05, 3.63) is 227 Å². The van der Waals surface area contributed by atoms with Crippen molar-refractivity contribution in [2.75, 3.05) is 4.90 Å². The number of allylic oxidation sites excluding steroid dienone is 11. The Balaban J connectivity index is 0.00000132. The molecule has 6 aromatic carbocycles. The third-order valence-electron chi connectivity index (χ3n) is 11.4. The molecule has 1 heteroatoms. The Bertz CT molecular complexity index is 2600. The van der Waals surface area contributed by atoms with Gasteiger partial charge in [0, 0.05) is 16.9 Å². The van der Waals surface area contributed by atoms with Gasteiger partial charge >= 0.3 is 0 Å². The summed E-state index contributed by atoms with van der Waals surface area (Å²) in [7, 11) is 0. The second-order valence-electron chi connectivity index (χ2n) is 15.0. The van der Waals surface area contributed by atoms with Crippen LogP contribution < -0.4 is 4.90 Å². The molecule has 0 N–H and O–H groups in total. The highest BCUT2D eigenvalue weighted by Gasteiger charge is 2.21. The minimum absolute atomic E-state index is 0.890. The molecular formula is C59H59N. The van der Waals surface area contributed by atoms with Crippen molar-refractivity contribution in [1.29, 1.82) is 0 Å². The monoisotopic (exact) mass is 781 g/mol. The van der Waals surface area contributed by atoms with Crippen molar-refractivity contribution in [1.82, 2.24) is 0 Å². The van der Waals surface area contributed by atoms with Gasteiger partial charge in [-0.3, -0.25) is 0 Å². The lowest BCUT2D eigenvalue weighted by Crippen LogP contribution is -2.16. The number of fused-ring (bicyclic) bond motifs is 3. The fourth-order valence-electron chi connectivity index (χ4n) is 8.62. The van der Waals surface area contributed by atoms with Crippen molar-refractivity contribution < 1.29 is 0 Å². The van der Waals surface area contributed by atoms with Crippen LogP contribution in [0.1, 0.15) is 93.2 Å². The number of hydrogen-bond donors (Lipinski definition) is 0. The van der Waals surface area contributed by atoms with E-state index in [1.807, 2.05) is 27.7 Å². The molecule has 0 spiro atoms. The summed E-state index contributed by atoms with van der Waals surface area (Å²) in [5.74, 6) is 0. The van der Waals surface area contributed by atoms with E-state index in [1.165, 1.54) is 66.4 Å². The van der Waals surface area contributed by atoms with Crippen LogP contribution in [0.15, 0.2) is 193 Å². The minimum Gasteiger partial charge on any atom is -0.310 e. The lowest BCUT2D eigenvalue weighted by Gasteiger charge is -2.30. The molecule has 0 fully saturated rings. The standard InChI is InChI=1S/C55H47N.2C2H6/c1-40-18-10-14-25-49(40)54(38-41-19-6-5-7-20-41)56(47-34-30-43(31-35-47)51-26-9-4-2-3-8-21-42-22-11-15-27-50(42)51)48-36-32-44(33-37-48)55-52-28-16-12-23-45(52)39-46-24-13-17-29-53(46)55;2*1-2/h2-7,9-10,12,14-21,23,25,27-39H,8,11,13,22,24,26H2,1H3;2*1-2H3/b3-2-,9-4-,42-21-,51-50+,54-38+;;. The molecule has 0 unspecified atom stereocenters. The molecular weight excluding hydrogens is 723 g/mol. The fourth-order valence-corrected chi connectivity index (χ4v) is 8.62. The van der Waals surface area contributed by atoms with Gasteiger partial charge in [-0.15, -0.1) is 0 Å². The predicted molar refractivity (Wildman–Crippen MR) is 264 cm³/mol. The minimum atomic E-state index is 0.890. The number of nitrogens with zero attached hydrogens (tertiary/aromatic N) is 1. The molecule has 0 aromatic heterocycles. The molecule has 0 atom stereocenters. The Morgan fingerprint density at radius 1 is 0.600 bits per heavy atom. The van der Waals surface area contributed by atoms with Crippen LogP contribution in [0, 0.1) is 6.92 Å². The van der Waals surface area contributed by atoms with Gasteiger partial charge in [-0.1, -0.05) is 192 Å². The van der Waals surface area contributed by atoms with E-state index in [1.54, 1.807) is 0 Å². The summed E-state index contributed by atoms with van der Waals surface area (Å²) in [6, 6.07) is 49.3. The third-order valence-corrected chi connectivity index (χ3v) is 11.4. The topological polar surface area (TPSA) is 3.24 Å². The van der Waals surface area contributed by atoms with E-state index in [9.17, 15) is 0 Å². The molecule has 0 heterocycles. The molecule has 300 valence electrons. The van der Waals surface area contributed by atoms with Crippen molar-refractivity contribution in [3.63, 3.8) is 0 Å². The van der Waals surface area contributed by atoms with Gasteiger partial charge in [0.1, 0.15) is 0 Å². The number of anilines is 2. The van der Waals surface area contributed by atoms with Gasteiger partial charge in [0.05, 0.1) is 5.70 Å². The Kier molecular flexibility index (Phi) is 14.3. The van der Waals surface area contributed by atoms with E-state index >= 15 is 0 Å². The highest BCUT2D eigenvalue weighted by atomic mass is 15.1. The number of benzene rings is 6. The zero-order valence-corrected chi connectivity index (χ0v) is 36.2. The Morgan fingerprint density at radius 3 is 2.02 bits per heavy atom. The number of hydrogen-bond acceptors (Lipinski definition) is 1. The van der Waals surface area contributed by atoms with Crippen LogP contribution in [-0.4, -0.2) is 0 Å². The number of aryl methyl sites for hydroxylation is 2. The first kappa shape index (κ1) is 41.7. The van der Waals surface area contributed by atoms with Gasteiger partial charge < -0.3 is 4.90 Å². The van der Waals surface area contributed by atoms with Gasteiger partial charge in [-0.05, 0) is 142 Å². The van der Waals surface area contributed by atoms with Crippen molar-refractivity contribution in [3.8, 4) is 11.1 Å². The molecule has 60 heavy (non-hydrogen) atoms. The summed E-state index contributed by atoms with van der Waals surface area (Å²) in [5, 5.41) is 2.61. The Hall–Kier alpha value is -6.44. The SMILES string of the molecule is CC.CC.Cc1ccccc1/C(=C\c1ccccc1)N(c1ccc(/C2=C3\C=CCC\C3=C\C/C=C\C=C/C2)cc1)c1ccc(-c2c3c(cc4ccccc24)CCC=C3)cc1. The maximum atomic E-state index is 2.45. The van der Waals surface area contributed by atoms with E-state index in [4.69, 9.17) is 0 Å². The second kappa shape index (κ2) is 20.5. The zero-order chi connectivity index (χ0) is 41.7. The van der Waals surface area contributed by atoms with Gasteiger partial charge in [-0.25, -0.2) is 0 Å². The molecule has 9 rings (SSSR count). The molecule has 6 aromatic rings. The summed E-state index contributed by atoms with van der Waals surface area (Å²) < 4.78 is 0. The molecule has 0 amide bonds. The summed E-state index contributed by atoms with van der Waals surface area (Å²) in [5.41, 5.74) is 17.8. The molecule has 0 aliphatic heterocycles. The first-order valence-corrected chi connectivity index (χ1v) is 22.2. The van der Waals surface area contributed by atoms with Crippen LogP contribution >= 0.6 is 0 Å². The van der Waals surface area contributed by atoms with E-state index < -0.39 is 0 Å². The summed E-state index contributed by atoms with van der Waals surface area (Å²) in [4.78, 5) is 2.45. The number of rotatable bonds is 7. The lowest BCUT2D eigenvalue weighted by atomic mass is 9.85. The van der Waals surface area contributed by atoms with Crippen molar-refractivity contribution >= 4 is 45.6 Å². The summed E-state index contributed by atoms with van der Waals surface area (Å²) in [6.45, 7) is 10.2. The van der Waals surface area contributed by atoms with E-state index in [0.29, 0.717) is 0 Å².